The second kappa shape index (κ2) is 14.6. The Morgan fingerprint density at radius 2 is 1.74 bits per heavy atom. The van der Waals surface area contributed by atoms with E-state index in [0.29, 0.717) is 40.9 Å². The Morgan fingerprint density at radius 3 is 2.48 bits per heavy atom. The van der Waals surface area contributed by atoms with E-state index >= 15 is 0 Å². The van der Waals surface area contributed by atoms with E-state index in [4.69, 9.17) is 21.6 Å². The summed E-state index contributed by atoms with van der Waals surface area (Å²) >= 11 is 6.41. The molecule has 0 radical (unpaired) electrons. The van der Waals surface area contributed by atoms with Crippen molar-refractivity contribution in [2.24, 2.45) is 9.98 Å². The maximum Gasteiger partial charge on any atom is 0.253 e. The molecule has 3 aromatic rings. The van der Waals surface area contributed by atoms with Crippen molar-refractivity contribution in [3.8, 4) is 0 Å². The number of benzene rings is 3. The number of rotatable bonds is 9. The molecule has 0 bridgehead atoms. The van der Waals surface area contributed by atoms with Crippen molar-refractivity contribution >= 4 is 40.6 Å². The van der Waals surface area contributed by atoms with Crippen LogP contribution in [0.2, 0.25) is 5.02 Å². The molecular formula is C36H41ClFN7O. The van der Waals surface area contributed by atoms with Crippen LogP contribution in [0.25, 0.3) is 5.70 Å². The summed E-state index contributed by atoms with van der Waals surface area (Å²) < 4.78 is 14.9. The number of nitrogens with one attached hydrogen (secondary N) is 2. The number of halogens is 2. The fraction of sp³-hybridized carbons (Fsp3) is 0.361. The highest BCUT2D eigenvalue weighted by Crippen LogP contribution is 2.33. The quantitative estimate of drug-likeness (QED) is 0.318. The first-order valence-corrected chi connectivity index (χ1v) is 16.6. The van der Waals surface area contributed by atoms with Crippen molar-refractivity contribution in [2.75, 3.05) is 70.8 Å². The van der Waals surface area contributed by atoms with Crippen molar-refractivity contribution < 1.29 is 9.18 Å². The van der Waals surface area contributed by atoms with E-state index in [2.05, 4.69) is 34.3 Å². The summed E-state index contributed by atoms with van der Waals surface area (Å²) in [6, 6.07) is 19.8. The van der Waals surface area contributed by atoms with E-state index in [1.165, 1.54) is 6.07 Å². The predicted molar refractivity (Wildman–Crippen MR) is 186 cm³/mol. The third-order valence-corrected chi connectivity index (χ3v) is 9.21. The minimum Gasteiger partial charge on any atom is -0.352 e. The smallest absolute Gasteiger partial charge is 0.253 e. The Hall–Kier alpha value is -4.05. The van der Waals surface area contributed by atoms with Crippen molar-refractivity contribution in [1.29, 1.82) is 0 Å². The topological polar surface area (TPSA) is 75.6 Å². The van der Waals surface area contributed by atoms with Gasteiger partial charge in [-0.3, -0.25) is 14.7 Å². The van der Waals surface area contributed by atoms with Crippen LogP contribution < -0.4 is 10.6 Å². The molecule has 1 fully saturated rings. The summed E-state index contributed by atoms with van der Waals surface area (Å²) in [5, 5.41) is 7.26. The molecule has 0 aliphatic carbocycles. The predicted octanol–water partition coefficient (Wildman–Crippen LogP) is 5.60. The monoisotopic (exact) mass is 641 g/mol. The zero-order chi connectivity index (χ0) is 32.0. The van der Waals surface area contributed by atoms with Crippen molar-refractivity contribution in [3.63, 3.8) is 0 Å². The van der Waals surface area contributed by atoms with E-state index in [1.807, 2.05) is 47.4 Å². The van der Waals surface area contributed by atoms with Gasteiger partial charge in [0.25, 0.3) is 5.91 Å². The van der Waals surface area contributed by atoms with Crippen LogP contribution in [-0.4, -0.2) is 97.7 Å². The molecule has 2 N–H and O–H groups in total. The van der Waals surface area contributed by atoms with Gasteiger partial charge in [-0.1, -0.05) is 43.6 Å². The number of aliphatic imine (C=N–C) groups is 2. The van der Waals surface area contributed by atoms with E-state index in [1.54, 1.807) is 18.2 Å². The van der Waals surface area contributed by atoms with Crippen LogP contribution in [0.5, 0.6) is 0 Å². The summed E-state index contributed by atoms with van der Waals surface area (Å²) in [5.41, 5.74) is 5.89. The first-order valence-electron chi connectivity index (χ1n) is 16.2. The van der Waals surface area contributed by atoms with Crippen LogP contribution in [0.3, 0.4) is 0 Å². The van der Waals surface area contributed by atoms with Gasteiger partial charge in [-0.25, -0.2) is 9.38 Å². The Labute approximate surface area is 275 Å². The van der Waals surface area contributed by atoms with Gasteiger partial charge in [0.15, 0.2) is 0 Å². The van der Waals surface area contributed by atoms with Gasteiger partial charge in [0.05, 0.1) is 18.0 Å². The molecule has 1 saturated heterocycles. The van der Waals surface area contributed by atoms with Crippen LogP contribution >= 0.6 is 11.6 Å². The van der Waals surface area contributed by atoms with Crippen LogP contribution in [0.1, 0.15) is 47.3 Å². The van der Waals surface area contributed by atoms with E-state index in [-0.39, 0.29) is 11.7 Å². The molecule has 0 aromatic heterocycles. The molecule has 46 heavy (non-hydrogen) atoms. The number of anilines is 1. The first-order chi connectivity index (χ1) is 22.4. The molecule has 3 heterocycles. The van der Waals surface area contributed by atoms with Gasteiger partial charge in [-0.05, 0) is 86.7 Å². The fourth-order valence-electron chi connectivity index (χ4n) is 6.27. The number of guanidine groups is 1. The lowest BCUT2D eigenvalue weighted by Gasteiger charge is -2.35. The van der Waals surface area contributed by atoms with E-state index < -0.39 is 0 Å². The molecule has 0 saturated carbocycles. The Morgan fingerprint density at radius 1 is 0.978 bits per heavy atom. The summed E-state index contributed by atoms with van der Waals surface area (Å²) in [5.74, 6) is 0.323. The molecule has 3 aliphatic heterocycles. The van der Waals surface area contributed by atoms with Crippen LogP contribution in [0.4, 0.5) is 10.1 Å². The number of carbonyl (C=O) groups excluding carboxylic acids is 1. The lowest BCUT2D eigenvalue weighted by Crippen LogP contribution is -2.49. The number of hydrogen-bond acceptors (Lipinski definition) is 7. The largest absolute Gasteiger partial charge is 0.352 e. The van der Waals surface area contributed by atoms with Crippen molar-refractivity contribution in [2.45, 2.75) is 20.3 Å². The van der Waals surface area contributed by atoms with E-state index in [0.717, 1.165) is 86.9 Å². The molecular weight excluding hydrogens is 601 g/mol. The van der Waals surface area contributed by atoms with Gasteiger partial charge in [0.1, 0.15) is 5.82 Å². The molecule has 240 valence electrons. The second-order valence-electron chi connectivity index (χ2n) is 11.8. The van der Waals surface area contributed by atoms with Gasteiger partial charge in [-0.2, -0.15) is 0 Å². The first kappa shape index (κ1) is 31.9. The lowest BCUT2D eigenvalue weighted by molar-refractivity contribution is 0.0632. The fourth-order valence-corrected chi connectivity index (χ4v) is 6.44. The zero-order valence-electron chi connectivity index (χ0n) is 26.5. The molecule has 0 spiro atoms. The van der Waals surface area contributed by atoms with Gasteiger partial charge in [0, 0.05) is 65.7 Å². The van der Waals surface area contributed by atoms with Gasteiger partial charge in [-0.15, -0.1) is 0 Å². The van der Waals surface area contributed by atoms with Gasteiger partial charge < -0.3 is 20.4 Å². The molecule has 3 aromatic carbocycles. The average Bonchev–Trinajstić information content (AvgIpc) is 3.23. The maximum absolute atomic E-state index is 14.9. The maximum atomic E-state index is 14.9. The number of carbonyl (C=O) groups is 1. The number of hydrogen-bond donors (Lipinski definition) is 2. The third kappa shape index (κ3) is 7.17. The van der Waals surface area contributed by atoms with Crippen LogP contribution in [0, 0.1) is 5.82 Å². The number of nitrogens with zero attached hydrogens (tertiary/aromatic N) is 5. The molecule has 0 unspecified atom stereocenters. The van der Waals surface area contributed by atoms with Crippen LogP contribution in [0.15, 0.2) is 82.3 Å². The Bertz CT molecular complexity index is 1660. The summed E-state index contributed by atoms with van der Waals surface area (Å²) in [6.07, 6.45) is 1.16. The minimum atomic E-state index is -0.332. The average molecular weight is 642 g/mol. The lowest BCUT2D eigenvalue weighted by atomic mass is 9.95. The zero-order valence-corrected chi connectivity index (χ0v) is 27.3. The number of piperazine rings is 1. The highest BCUT2D eigenvalue weighted by Gasteiger charge is 2.26. The molecule has 8 nitrogen and oxygen atoms in total. The molecule has 0 atom stereocenters. The third-order valence-electron chi connectivity index (χ3n) is 8.97. The second-order valence-corrected chi connectivity index (χ2v) is 12.3. The Balaban J connectivity index is 1.10. The summed E-state index contributed by atoms with van der Waals surface area (Å²) in [7, 11) is 0. The number of amides is 1. The van der Waals surface area contributed by atoms with Crippen molar-refractivity contribution in [3.05, 3.63) is 105 Å². The highest BCUT2D eigenvalue weighted by atomic mass is 35.5. The summed E-state index contributed by atoms with van der Waals surface area (Å²) in [4.78, 5) is 29.9. The summed E-state index contributed by atoms with van der Waals surface area (Å²) in [6.45, 7) is 13.0. The number of fused-ring (bicyclic) bond motifs is 2. The van der Waals surface area contributed by atoms with Gasteiger partial charge >= 0.3 is 0 Å². The molecule has 10 heteroatoms. The molecule has 6 rings (SSSR count). The molecule has 3 aliphatic rings. The highest BCUT2D eigenvalue weighted by molar-refractivity contribution is 6.31. The minimum absolute atomic E-state index is 0.0663. The Kier molecular flexibility index (Phi) is 10.1. The van der Waals surface area contributed by atoms with E-state index in [9.17, 15) is 9.18 Å². The van der Waals surface area contributed by atoms with Gasteiger partial charge in [0.2, 0.25) is 5.96 Å². The standard InChI is InChI=1S/C36H41ClFN7O/c1-3-43(4-2)16-7-17-44-18-20-45(21-19-44)35(46)25-10-13-28(14-11-25)41-36-40-24-26-23-39-34(30-8-5-6-9-32(30)38)31-22-27(37)12-15-29(31)33(26)42-36/h5-6,8-15,22H,3-4,7,16-21,23-24H2,1-2H3,(H2,40,41,42). The van der Waals surface area contributed by atoms with Crippen molar-refractivity contribution in [1.82, 2.24) is 20.0 Å². The molecule has 1 amide bonds. The van der Waals surface area contributed by atoms with Crippen LogP contribution in [-0.2, 0) is 0 Å². The SMILES string of the molecule is CCN(CC)CCCN1CCN(C(=O)c2ccc(NC3=NC4=C(CN=C(c5ccccc5F)c5cc(Cl)ccc54)CN3)cc2)CC1. The normalized spacial score (nSPS) is 16.7.